The fraction of sp³-hybridized carbons (Fsp3) is 0.318. The molecule has 0 bridgehead atoms. The Labute approximate surface area is 174 Å². The van der Waals surface area contributed by atoms with Gasteiger partial charge >= 0.3 is 5.69 Å². The number of hydrogen-bond donors (Lipinski definition) is 1. The first kappa shape index (κ1) is 19.8. The maximum absolute atomic E-state index is 13.0. The Morgan fingerprint density at radius 1 is 1.03 bits per heavy atom. The summed E-state index contributed by atoms with van der Waals surface area (Å²) in [7, 11) is 3.12. The molecule has 0 saturated carbocycles. The summed E-state index contributed by atoms with van der Waals surface area (Å²) in [6.07, 6.45) is 1.45. The van der Waals surface area contributed by atoms with Gasteiger partial charge in [0.25, 0.3) is 5.91 Å². The Morgan fingerprint density at radius 3 is 2.27 bits per heavy atom. The van der Waals surface area contributed by atoms with Crippen molar-refractivity contribution in [2.45, 2.75) is 18.8 Å². The van der Waals surface area contributed by atoms with Crippen LogP contribution >= 0.6 is 0 Å². The summed E-state index contributed by atoms with van der Waals surface area (Å²) in [5, 5.41) is 6.85. The molecule has 0 aliphatic carbocycles. The summed E-state index contributed by atoms with van der Waals surface area (Å²) >= 11 is 0. The zero-order chi connectivity index (χ0) is 21.1. The molecular formula is C22H24N4O4. The van der Waals surface area contributed by atoms with Gasteiger partial charge in [-0.2, -0.15) is 5.10 Å². The molecule has 3 aromatic rings. The van der Waals surface area contributed by atoms with Crippen LogP contribution < -0.4 is 15.2 Å². The molecule has 1 aliphatic rings. The number of likely N-dealkylation sites (tertiary alicyclic amines) is 1. The van der Waals surface area contributed by atoms with Crippen LogP contribution in [0.5, 0.6) is 11.5 Å². The molecule has 0 spiro atoms. The van der Waals surface area contributed by atoms with E-state index in [2.05, 4.69) is 10.2 Å². The summed E-state index contributed by atoms with van der Waals surface area (Å²) in [5.41, 5.74) is 1.07. The second-order valence-electron chi connectivity index (χ2n) is 7.23. The minimum Gasteiger partial charge on any atom is -0.497 e. The summed E-state index contributed by atoms with van der Waals surface area (Å²) < 4.78 is 12.2. The lowest BCUT2D eigenvalue weighted by molar-refractivity contribution is 0.0710. The number of para-hydroxylation sites is 1. The first-order valence-electron chi connectivity index (χ1n) is 9.85. The van der Waals surface area contributed by atoms with Crippen LogP contribution in [0.2, 0.25) is 0 Å². The standard InChI is InChI=1S/C22H24N4O4/c1-29-18-12-16(13-19(14-18)30-2)21(27)25-10-8-15(9-11-25)20-23-24-22(28)26(20)17-6-4-3-5-7-17/h3-7,12-15H,8-11H2,1-2H3,(H,24,28). The summed E-state index contributed by atoms with van der Waals surface area (Å²) in [4.78, 5) is 27.1. The number of piperidine rings is 1. The second-order valence-corrected chi connectivity index (χ2v) is 7.23. The van der Waals surface area contributed by atoms with Crippen LogP contribution in [0.25, 0.3) is 5.69 Å². The Hall–Kier alpha value is -3.55. The van der Waals surface area contributed by atoms with Gasteiger partial charge in [0, 0.05) is 30.6 Å². The molecule has 2 aromatic carbocycles. The Bertz CT molecular complexity index is 1060. The number of rotatable bonds is 5. The average Bonchev–Trinajstić information content (AvgIpc) is 3.20. The van der Waals surface area contributed by atoms with Gasteiger partial charge in [-0.15, -0.1) is 0 Å². The maximum Gasteiger partial charge on any atom is 0.347 e. The van der Waals surface area contributed by atoms with Crippen molar-refractivity contribution in [2.24, 2.45) is 0 Å². The SMILES string of the molecule is COc1cc(OC)cc(C(=O)N2CCC(c3n[nH]c(=O)n3-c3ccccc3)CC2)c1. The molecule has 1 saturated heterocycles. The third kappa shape index (κ3) is 3.80. The van der Waals surface area contributed by atoms with E-state index in [9.17, 15) is 9.59 Å². The van der Waals surface area contributed by atoms with Crippen molar-refractivity contribution in [3.8, 4) is 17.2 Å². The monoisotopic (exact) mass is 408 g/mol. The fourth-order valence-electron chi connectivity index (χ4n) is 3.86. The first-order chi connectivity index (χ1) is 14.6. The van der Waals surface area contributed by atoms with Crippen LogP contribution in [0.1, 0.15) is 34.9 Å². The molecule has 0 unspecified atom stereocenters. The zero-order valence-electron chi connectivity index (χ0n) is 17.0. The quantitative estimate of drug-likeness (QED) is 0.701. The minimum absolute atomic E-state index is 0.0619. The molecular weight excluding hydrogens is 384 g/mol. The van der Waals surface area contributed by atoms with Crippen molar-refractivity contribution < 1.29 is 14.3 Å². The lowest BCUT2D eigenvalue weighted by Crippen LogP contribution is -2.38. The van der Waals surface area contributed by atoms with Crippen molar-refractivity contribution in [3.63, 3.8) is 0 Å². The molecule has 1 aromatic heterocycles. The Balaban J connectivity index is 1.50. The highest BCUT2D eigenvalue weighted by molar-refractivity contribution is 5.95. The van der Waals surface area contributed by atoms with Crippen molar-refractivity contribution >= 4 is 5.91 Å². The number of carbonyl (C=O) groups is 1. The molecule has 8 heteroatoms. The van der Waals surface area contributed by atoms with Crippen LogP contribution in [0, 0.1) is 0 Å². The molecule has 1 amide bonds. The second kappa shape index (κ2) is 8.44. The van der Waals surface area contributed by atoms with Gasteiger partial charge in [-0.25, -0.2) is 14.5 Å². The molecule has 1 fully saturated rings. The number of benzene rings is 2. The fourth-order valence-corrected chi connectivity index (χ4v) is 3.86. The number of nitrogens with one attached hydrogen (secondary N) is 1. The van der Waals surface area contributed by atoms with Crippen LogP contribution in [0.15, 0.2) is 53.3 Å². The van der Waals surface area contributed by atoms with E-state index in [1.807, 2.05) is 35.2 Å². The van der Waals surface area contributed by atoms with Crippen molar-refractivity contribution in [2.75, 3.05) is 27.3 Å². The van der Waals surface area contributed by atoms with E-state index in [0.29, 0.717) is 36.0 Å². The zero-order valence-corrected chi connectivity index (χ0v) is 17.0. The summed E-state index contributed by atoms with van der Waals surface area (Å²) in [6, 6.07) is 14.6. The molecule has 1 N–H and O–H groups in total. The third-order valence-electron chi connectivity index (χ3n) is 5.46. The van der Waals surface area contributed by atoms with Gasteiger partial charge in [0.05, 0.1) is 19.9 Å². The maximum atomic E-state index is 13.0. The van der Waals surface area contributed by atoms with Crippen LogP contribution in [0.4, 0.5) is 0 Å². The van der Waals surface area contributed by atoms with E-state index in [1.54, 1.807) is 37.0 Å². The summed E-state index contributed by atoms with van der Waals surface area (Å²) in [6.45, 7) is 1.16. The van der Waals surface area contributed by atoms with E-state index >= 15 is 0 Å². The smallest absolute Gasteiger partial charge is 0.347 e. The van der Waals surface area contributed by atoms with Crippen molar-refractivity contribution in [3.05, 3.63) is 70.4 Å². The van der Waals surface area contributed by atoms with Crippen LogP contribution in [-0.4, -0.2) is 52.9 Å². The molecule has 156 valence electrons. The number of H-pyrrole nitrogens is 1. The predicted octanol–water partition coefficient (Wildman–Crippen LogP) is 2.60. The van der Waals surface area contributed by atoms with E-state index in [0.717, 1.165) is 18.5 Å². The molecule has 2 heterocycles. The third-order valence-corrected chi connectivity index (χ3v) is 5.46. The van der Waals surface area contributed by atoms with Gasteiger partial charge in [0.1, 0.15) is 17.3 Å². The number of nitrogens with zero attached hydrogens (tertiary/aromatic N) is 3. The number of hydrogen-bond acceptors (Lipinski definition) is 5. The van der Waals surface area contributed by atoms with Gasteiger partial charge in [-0.3, -0.25) is 4.79 Å². The van der Waals surface area contributed by atoms with Crippen LogP contribution in [0.3, 0.4) is 0 Å². The van der Waals surface area contributed by atoms with E-state index in [1.165, 1.54) is 0 Å². The van der Waals surface area contributed by atoms with Gasteiger partial charge in [0.15, 0.2) is 0 Å². The summed E-state index contributed by atoms with van der Waals surface area (Å²) in [5.74, 6) is 1.90. The van der Waals surface area contributed by atoms with Gasteiger partial charge < -0.3 is 14.4 Å². The average molecular weight is 408 g/mol. The highest BCUT2D eigenvalue weighted by atomic mass is 16.5. The van der Waals surface area contributed by atoms with Gasteiger partial charge in [-0.1, -0.05) is 18.2 Å². The normalized spacial score (nSPS) is 14.5. The molecule has 8 nitrogen and oxygen atoms in total. The number of ether oxygens (including phenoxy) is 2. The molecule has 1 aliphatic heterocycles. The number of methoxy groups -OCH3 is 2. The van der Waals surface area contributed by atoms with E-state index in [4.69, 9.17) is 9.47 Å². The number of aromatic nitrogens is 3. The molecule has 30 heavy (non-hydrogen) atoms. The van der Waals surface area contributed by atoms with Gasteiger partial charge in [0.2, 0.25) is 0 Å². The van der Waals surface area contributed by atoms with Crippen LogP contribution in [-0.2, 0) is 0 Å². The van der Waals surface area contributed by atoms with E-state index in [-0.39, 0.29) is 17.5 Å². The van der Waals surface area contributed by atoms with Crippen molar-refractivity contribution in [1.29, 1.82) is 0 Å². The molecule has 4 rings (SSSR count). The molecule has 0 atom stereocenters. The topological polar surface area (TPSA) is 89.5 Å². The lowest BCUT2D eigenvalue weighted by Gasteiger charge is -2.31. The number of amides is 1. The highest BCUT2D eigenvalue weighted by Crippen LogP contribution is 2.29. The largest absolute Gasteiger partial charge is 0.497 e. The lowest BCUT2D eigenvalue weighted by atomic mass is 9.95. The first-order valence-corrected chi connectivity index (χ1v) is 9.85. The van der Waals surface area contributed by atoms with Crippen molar-refractivity contribution in [1.82, 2.24) is 19.7 Å². The Morgan fingerprint density at radius 2 is 1.67 bits per heavy atom. The van der Waals surface area contributed by atoms with E-state index < -0.39 is 0 Å². The Kier molecular flexibility index (Phi) is 5.56. The number of aromatic amines is 1. The minimum atomic E-state index is -0.252. The predicted molar refractivity (Wildman–Crippen MR) is 112 cm³/mol. The highest BCUT2D eigenvalue weighted by Gasteiger charge is 2.28. The number of carbonyl (C=O) groups excluding carboxylic acids is 1. The molecule has 0 radical (unpaired) electrons. The van der Waals surface area contributed by atoms with Gasteiger partial charge in [-0.05, 0) is 37.1 Å².